The van der Waals surface area contributed by atoms with E-state index in [0.717, 1.165) is 72.0 Å². The Labute approximate surface area is 217 Å². The number of benzene rings is 1. The van der Waals surface area contributed by atoms with Crippen LogP contribution in [0.1, 0.15) is 54.1 Å². The molecular weight excluding hydrogens is 481 g/mol. The molecule has 0 aliphatic heterocycles. The Morgan fingerprint density at radius 3 is 2.74 bits per heavy atom. The molecule has 4 aromatic heterocycles. The molecule has 9 heteroatoms. The van der Waals surface area contributed by atoms with Gasteiger partial charge in [-0.1, -0.05) is 6.07 Å². The van der Waals surface area contributed by atoms with Crippen molar-refractivity contribution >= 4 is 10.9 Å². The topological polar surface area (TPSA) is 105 Å². The fourth-order valence-electron chi connectivity index (χ4n) is 5.65. The lowest BCUT2D eigenvalue weighted by Gasteiger charge is -2.14. The lowest BCUT2D eigenvalue weighted by Crippen LogP contribution is -2.20. The van der Waals surface area contributed by atoms with Crippen LogP contribution in [0, 0.1) is 17.1 Å². The van der Waals surface area contributed by atoms with E-state index in [2.05, 4.69) is 21.3 Å². The third-order valence-corrected chi connectivity index (χ3v) is 7.70. The van der Waals surface area contributed by atoms with Crippen LogP contribution in [0.4, 0.5) is 4.39 Å². The number of rotatable bonds is 4. The molecule has 0 saturated heterocycles. The molecule has 0 radical (unpaired) electrons. The smallest absolute Gasteiger partial charge is 0.280 e. The number of aromatic amines is 1. The number of pyridine rings is 2. The maximum absolute atomic E-state index is 14.4. The van der Waals surface area contributed by atoms with Crippen molar-refractivity contribution in [3.05, 3.63) is 81.5 Å². The number of hydrogen-bond donors (Lipinski definition) is 1. The zero-order chi connectivity index (χ0) is 26.0. The summed E-state index contributed by atoms with van der Waals surface area (Å²) in [5, 5.41) is 19.0. The van der Waals surface area contributed by atoms with E-state index in [1.54, 1.807) is 23.2 Å². The van der Waals surface area contributed by atoms with E-state index in [4.69, 9.17) is 4.98 Å². The average molecular weight is 506 g/mol. The molecule has 1 saturated carbocycles. The van der Waals surface area contributed by atoms with Crippen molar-refractivity contribution in [3.8, 4) is 34.4 Å². The third kappa shape index (κ3) is 3.56. The highest BCUT2D eigenvalue weighted by Gasteiger charge is 2.28. The highest BCUT2D eigenvalue weighted by atomic mass is 19.1. The van der Waals surface area contributed by atoms with Crippen molar-refractivity contribution in [2.24, 2.45) is 7.05 Å². The Morgan fingerprint density at radius 1 is 1.13 bits per heavy atom. The molecule has 188 valence electrons. The molecular formula is C29H24FN7O. The maximum atomic E-state index is 14.4. The summed E-state index contributed by atoms with van der Waals surface area (Å²) in [5.74, 6) is 0.904. The van der Waals surface area contributed by atoms with Crippen molar-refractivity contribution in [2.75, 3.05) is 0 Å². The number of fused-ring (bicyclic) bond motifs is 3. The first-order chi connectivity index (χ1) is 18.5. The summed E-state index contributed by atoms with van der Waals surface area (Å²) in [4.78, 5) is 22.0. The van der Waals surface area contributed by atoms with Crippen LogP contribution in [0.5, 0.6) is 0 Å². The van der Waals surface area contributed by atoms with Gasteiger partial charge in [-0.25, -0.2) is 9.37 Å². The van der Waals surface area contributed by atoms with Gasteiger partial charge < -0.3 is 9.55 Å². The van der Waals surface area contributed by atoms with E-state index in [-0.39, 0.29) is 11.4 Å². The summed E-state index contributed by atoms with van der Waals surface area (Å²) >= 11 is 0. The van der Waals surface area contributed by atoms with Crippen molar-refractivity contribution in [1.82, 2.24) is 29.3 Å². The van der Waals surface area contributed by atoms with Gasteiger partial charge in [0, 0.05) is 41.5 Å². The van der Waals surface area contributed by atoms with Gasteiger partial charge in [-0.3, -0.25) is 9.36 Å². The van der Waals surface area contributed by atoms with Crippen LogP contribution in [0.3, 0.4) is 0 Å². The summed E-state index contributed by atoms with van der Waals surface area (Å²) in [6.45, 7) is 0. The minimum atomic E-state index is -0.375. The molecule has 1 fully saturated rings. The summed E-state index contributed by atoms with van der Waals surface area (Å²) in [6.07, 6.45) is 9.10. The summed E-state index contributed by atoms with van der Waals surface area (Å²) in [6, 6.07) is 10.7. The van der Waals surface area contributed by atoms with Crippen molar-refractivity contribution in [3.63, 3.8) is 0 Å². The van der Waals surface area contributed by atoms with Gasteiger partial charge in [-0.2, -0.15) is 5.26 Å². The van der Waals surface area contributed by atoms with Gasteiger partial charge in [0.15, 0.2) is 5.82 Å². The minimum Gasteiger partial charge on any atom is -0.354 e. The number of hydrogen-bond acceptors (Lipinski definition) is 5. The average Bonchev–Trinajstić information content (AvgIpc) is 3.58. The summed E-state index contributed by atoms with van der Waals surface area (Å²) < 4.78 is 17.6. The van der Waals surface area contributed by atoms with Gasteiger partial charge >= 0.3 is 0 Å². The number of H-pyrrole nitrogens is 1. The summed E-state index contributed by atoms with van der Waals surface area (Å²) in [7, 11) is 1.81. The second-order valence-electron chi connectivity index (χ2n) is 10.2. The van der Waals surface area contributed by atoms with Crippen molar-refractivity contribution < 1.29 is 4.39 Å². The van der Waals surface area contributed by atoms with Crippen LogP contribution in [0.25, 0.3) is 39.2 Å². The number of aryl methyl sites for hydroxylation is 3. The van der Waals surface area contributed by atoms with Crippen molar-refractivity contribution in [1.29, 1.82) is 5.26 Å². The first-order valence-corrected chi connectivity index (χ1v) is 12.9. The van der Waals surface area contributed by atoms with Crippen LogP contribution in [0.15, 0.2) is 47.7 Å². The van der Waals surface area contributed by atoms with E-state index in [1.165, 1.54) is 16.7 Å². The molecule has 4 heterocycles. The van der Waals surface area contributed by atoms with Gasteiger partial charge in [0.25, 0.3) is 5.56 Å². The van der Waals surface area contributed by atoms with Crippen LogP contribution < -0.4 is 5.56 Å². The lowest BCUT2D eigenvalue weighted by atomic mass is 9.94. The third-order valence-electron chi connectivity index (χ3n) is 7.70. The minimum absolute atomic E-state index is 0.229. The quantitative estimate of drug-likeness (QED) is 0.372. The Kier molecular flexibility index (Phi) is 5.05. The Hall–Kier alpha value is -4.58. The lowest BCUT2D eigenvalue weighted by molar-refractivity contribution is 0.628. The van der Waals surface area contributed by atoms with Gasteiger partial charge in [0.2, 0.25) is 0 Å². The summed E-state index contributed by atoms with van der Waals surface area (Å²) in [5.41, 5.74) is 5.86. The molecule has 5 aromatic rings. The van der Waals surface area contributed by atoms with E-state index in [1.807, 2.05) is 19.2 Å². The van der Waals surface area contributed by atoms with Crippen LogP contribution in [-0.2, 0) is 19.9 Å². The number of aromatic nitrogens is 6. The standard InChI is InChI=1S/C29H24FN7O/c1-36-15-32-35-28(36)22-12-19(30)8-9-20(22)17-10-24(16-6-7-16)33-25(11-17)37-14-18(13-31)26-21-4-2-3-5-23(21)34-27(26)29(37)38/h8-12,14-16,34H,2-7H2,1H3. The van der Waals surface area contributed by atoms with Crippen LogP contribution in [-0.4, -0.2) is 29.3 Å². The van der Waals surface area contributed by atoms with Gasteiger partial charge in [-0.15, -0.1) is 10.2 Å². The molecule has 2 aliphatic rings. The van der Waals surface area contributed by atoms with E-state index >= 15 is 0 Å². The normalized spacial score (nSPS) is 15.0. The second kappa shape index (κ2) is 8.48. The Bertz CT molecular complexity index is 1850. The predicted octanol–water partition coefficient (Wildman–Crippen LogP) is 4.94. The van der Waals surface area contributed by atoms with Crippen LogP contribution in [0.2, 0.25) is 0 Å². The molecule has 38 heavy (non-hydrogen) atoms. The first kappa shape index (κ1) is 22.6. The SMILES string of the molecule is Cn1cnnc1-c1cc(F)ccc1-c1cc(C2CC2)nc(-n2cc(C#N)c3c4c([nH]c3c2=O)CCCC4)c1. The Balaban J connectivity index is 1.47. The maximum Gasteiger partial charge on any atom is 0.280 e. The number of nitriles is 1. The molecule has 0 spiro atoms. The monoisotopic (exact) mass is 505 g/mol. The second-order valence-corrected chi connectivity index (χ2v) is 10.2. The van der Waals surface area contributed by atoms with Gasteiger partial charge in [-0.05, 0) is 79.5 Å². The molecule has 0 bridgehead atoms. The molecule has 0 amide bonds. The zero-order valence-corrected chi connectivity index (χ0v) is 20.8. The number of nitrogens with one attached hydrogen (secondary N) is 1. The molecule has 8 nitrogen and oxygen atoms in total. The zero-order valence-electron chi connectivity index (χ0n) is 20.8. The Morgan fingerprint density at radius 2 is 1.97 bits per heavy atom. The molecule has 1 N–H and O–H groups in total. The van der Waals surface area contributed by atoms with E-state index < -0.39 is 0 Å². The number of nitrogens with zero attached hydrogens (tertiary/aromatic N) is 6. The molecule has 7 rings (SSSR count). The predicted molar refractivity (Wildman–Crippen MR) is 140 cm³/mol. The number of halogens is 1. The largest absolute Gasteiger partial charge is 0.354 e. The molecule has 0 unspecified atom stereocenters. The first-order valence-electron chi connectivity index (χ1n) is 12.9. The van der Waals surface area contributed by atoms with E-state index in [0.29, 0.717) is 34.2 Å². The molecule has 1 aromatic carbocycles. The van der Waals surface area contributed by atoms with Crippen molar-refractivity contribution in [2.45, 2.75) is 44.4 Å². The van der Waals surface area contributed by atoms with Gasteiger partial charge in [0.1, 0.15) is 29.5 Å². The highest BCUT2D eigenvalue weighted by molar-refractivity contribution is 5.90. The molecule has 2 aliphatic carbocycles. The fourth-order valence-corrected chi connectivity index (χ4v) is 5.65. The van der Waals surface area contributed by atoms with Crippen LogP contribution >= 0.6 is 0 Å². The highest BCUT2D eigenvalue weighted by Crippen LogP contribution is 2.42. The fraction of sp³-hybridized carbons (Fsp3) is 0.276. The van der Waals surface area contributed by atoms with E-state index in [9.17, 15) is 14.4 Å². The molecule has 0 atom stereocenters. The van der Waals surface area contributed by atoms with Gasteiger partial charge in [0.05, 0.1) is 5.56 Å².